The molecule has 9 heteroatoms. The molecule has 0 aliphatic carbocycles. The van der Waals surface area contributed by atoms with Gasteiger partial charge in [0.1, 0.15) is 6.04 Å². The zero-order valence-electron chi connectivity index (χ0n) is 16.0. The number of nitrogens with one attached hydrogen (secondary N) is 2. The lowest BCUT2D eigenvalue weighted by atomic mass is 10.1. The molecule has 2 N–H and O–H groups in total. The van der Waals surface area contributed by atoms with Crippen molar-refractivity contribution in [2.24, 2.45) is 0 Å². The Balaban J connectivity index is 1.62. The van der Waals surface area contributed by atoms with Crippen LogP contribution in [0.1, 0.15) is 28.6 Å². The van der Waals surface area contributed by atoms with E-state index in [1.54, 1.807) is 24.4 Å². The van der Waals surface area contributed by atoms with Crippen LogP contribution >= 0.6 is 23.6 Å². The number of hydrogen-bond acceptors (Lipinski definition) is 5. The molecule has 1 unspecified atom stereocenters. The molecule has 2 heterocycles. The Labute approximate surface area is 178 Å². The molecule has 152 valence electrons. The minimum atomic E-state index is -0.858. The van der Waals surface area contributed by atoms with Gasteiger partial charge < -0.3 is 5.32 Å². The number of benzene rings is 1. The summed E-state index contributed by atoms with van der Waals surface area (Å²) in [6.07, 6.45) is 0.610. The highest BCUT2D eigenvalue weighted by Gasteiger charge is 2.43. The van der Waals surface area contributed by atoms with Crippen LogP contribution in [0.2, 0.25) is 0 Å². The normalized spacial score (nSPS) is 16.2. The van der Waals surface area contributed by atoms with Crippen LogP contribution in [0.4, 0.5) is 0 Å². The van der Waals surface area contributed by atoms with E-state index in [0.29, 0.717) is 24.4 Å². The molecule has 0 saturated carbocycles. The highest BCUT2D eigenvalue weighted by atomic mass is 32.1. The van der Waals surface area contributed by atoms with Crippen LogP contribution < -0.4 is 10.7 Å². The van der Waals surface area contributed by atoms with Gasteiger partial charge in [0.15, 0.2) is 5.11 Å². The van der Waals surface area contributed by atoms with Crippen molar-refractivity contribution < 1.29 is 14.4 Å². The third-order valence-electron chi connectivity index (χ3n) is 4.54. The fourth-order valence-corrected chi connectivity index (χ4v) is 4.06. The Kier molecular flexibility index (Phi) is 6.95. The number of amides is 3. The van der Waals surface area contributed by atoms with Crippen molar-refractivity contribution in [2.75, 3.05) is 13.1 Å². The van der Waals surface area contributed by atoms with Crippen molar-refractivity contribution in [3.05, 3.63) is 58.3 Å². The van der Waals surface area contributed by atoms with E-state index in [4.69, 9.17) is 12.2 Å². The van der Waals surface area contributed by atoms with Gasteiger partial charge in [0.25, 0.3) is 11.8 Å². The predicted octanol–water partition coefficient (Wildman–Crippen LogP) is 1.96. The van der Waals surface area contributed by atoms with E-state index in [1.807, 2.05) is 30.3 Å². The second-order valence-electron chi connectivity index (χ2n) is 6.46. The highest BCUT2D eigenvalue weighted by Crippen LogP contribution is 2.19. The summed E-state index contributed by atoms with van der Waals surface area (Å²) in [7, 11) is 0. The molecule has 1 aliphatic rings. The molecule has 1 aromatic carbocycles. The number of carbonyl (C=O) groups is 3. The first kappa shape index (κ1) is 20.9. The van der Waals surface area contributed by atoms with Gasteiger partial charge >= 0.3 is 0 Å². The molecule has 0 bridgehead atoms. The molecular weight excluding hydrogens is 408 g/mol. The Morgan fingerprint density at radius 2 is 1.93 bits per heavy atom. The van der Waals surface area contributed by atoms with E-state index in [9.17, 15) is 14.4 Å². The van der Waals surface area contributed by atoms with Gasteiger partial charge in [-0.2, -0.15) is 0 Å². The summed E-state index contributed by atoms with van der Waals surface area (Å²) < 4.78 is 0. The van der Waals surface area contributed by atoms with Crippen molar-refractivity contribution in [3.63, 3.8) is 0 Å². The van der Waals surface area contributed by atoms with E-state index in [1.165, 1.54) is 21.2 Å². The van der Waals surface area contributed by atoms with E-state index in [0.717, 1.165) is 5.56 Å². The van der Waals surface area contributed by atoms with Gasteiger partial charge in [-0.05, 0) is 42.6 Å². The standard InChI is InChI=1S/C20H22N4O3S2/c1-2-23-19(27)15(13-17(25)21-11-10-14-7-4-3-5-8-14)24(20(23)28)22-18(26)16-9-6-12-29-16/h3-9,12,15H,2,10-11,13H2,1H3,(H,21,25)(H,22,26). The van der Waals surface area contributed by atoms with Crippen molar-refractivity contribution >= 4 is 46.4 Å². The van der Waals surface area contributed by atoms with Gasteiger partial charge in [0, 0.05) is 13.1 Å². The number of hydrazine groups is 1. The summed E-state index contributed by atoms with van der Waals surface area (Å²) in [6, 6.07) is 12.4. The number of hydrogen-bond donors (Lipinski definition) is 2. The van der Waals surface area contributed by atoms with Crippen molar-refractivity contribution in [1.82, 2.24) is 20.7 Å². The van der Waals surface area contributed by atoms with Crippen molar-refractivity contribution in [1.29, 1.82) is 0 Å². The van der Waals surface area contributed by atoms with Crippen LogP contribution in [0, 0.1) is 0 Å². The lowest BCUT2D eigenvalue weighted by Crippen LogP contribution is -2.50. The Bertz CT molecular complexity index is 886. The lowest BCUT2D eigenvalue weighted by Gasteiger charge is -2.23. The van der Waals surface area contributed by atoms with Crippen LogP contribution in [-0.2, 0) is 16.0 Å². The van der Waals surface area contributed by atoms with Crippen LogP contribution in [0.5, 0.6) is 0 Å². The summed E-state index contributed by atoms with van der Waals surface area (Å²) in [5.74, 6) is -0.916. The highest BCUT2D eigenvalue weighted by molar-refractivity contribution is 7.80. The molecule has 0 spiro atoms. The second kappa shape index (κ2) is 9.62. The largest absolute Gasteiger partial charge is 0.356 e. The minimum absolute atomic E-state index is 0.0883. The van der Waals surface area contributed by atoms with Crippen LogP contribution in [0.3, 0.4) is 0 Å². The molecule has 1 aliphatic heterocycles. The maximum absolute atomic E-state index is 12.7. The second-order valence-corrected chi connectivity index (χ2v) is 7.77. The van der Waals surface area contributed by atoms with Crippen molar-refractivity contribution in [3.8, 4) is 0 Å². The number of carbonyl (C=O) groups excluding carboxylic acids is 3. The van der Waals surface area contributed by atoms with Gasteiger partial charge in [-0.3, -0.25) is 24.7 Å². The van der Waals surface area contributed by atoms with Gasteiger partial charge in [0.2, 0.25) is 5.91 Å². The number of nitrogens with zero attached hydrogens (tertiary/aromatic N) is 2. The molecule has 0 radical (unpaired) electrons. The molecule has 3 rings (SSSR count). The molecule has 2 aromatic rings. The summed E-state index contributed by atoms with van der Waals surface area (Å²) in [5.41, 5.74) is 3.80. The number of rotatable bonds is 8. The third-order valence-corrected chi connectivity index (χ3v) is 5.83. The van der Waals surface area contributed by atoms with Crippen LogP contribution in [-0.4, -0.2) is 51.9 Å². The minimum Gasteiger partial charge on any atom is -0.356 e. The van der Waals surface area contributed by atoms with Crippen molar-refractivity contribution in [2.45, 2.75) is 25.8 Å². The zero-order chi connectivity index (χ0) is 20.8. The van der Waals surface area contributed by atoms with E-state index in [2.05, 4.69) is 10.7 Å². The Morgan fingerprint density at radius 1 is 1.17 bits per heavy atom. The predicted molar refractivity (Wildman–Crippen MR) is 115 cm³/mol. The van der Waals surface area contributed by atoms with E-state index >= 15 is 0 Å². The fourth-order valence-electron chi connectivity index (χ4n) is 3.05. The summed E-state index contributed by atoms with van der Waals surface area (Å²) >= 11 is 6.64. The molecule has 1 fully saturated rings. The first-order chi connectivity index (χ1) is 14.0. The zero-order valence-corrected chi connectivity index (χ0v) is 17.6. The maximum atomic E-state index is 12.7. The van der Waals surface area contributed by atoms with E-state index < -0.39 is 6.04 Å². The smallest absolute Gasteiger partial charge is 0.279 e. The molecule has 29 heavy (non-hydrogen) atoms. The molecular formula is C20H22N4O3S2. The summed E-state index contributed by atoms with van der Waals surface area (Å²) in [5, 5.41) is 6.16. The maximum Gasteiger partial charge on any atom is 0.279 e. The lowest BCUT2D eigenvalue weighted by molar-refractivity contribution is -0.132. The fraction of sp³-hybridized carbons (Fsp3) is 0.300. The molecule has 1 saturated heterocycles. The summed E-state index contributed by atoms with van der Waals surface area (Å²) in [6.45, 7) is 2.63. The quantitative estimate of drug-likeness (QED) is 0.626. The third kappa shape index (κ3) is 4.99. The molecule has 3 amide bonds. The van der Waals surface area contributed by atoms with Gasteiger partial charge in [-0.25, -0.2) is 5.01 Å². The first-order valence-electron chi connectivity index (χ1n) is 9.31. The monoisotopic (exact) mass is 430 g/mol. The van der Waals surface area contributed by atoms with Crippen LogP contribution in [0.15, 0.2) is 47.8 Å². The number of likely N-dealkylation sites (N-methyl/N-ethyl adjacent to an activating group) is 1. The van der Waals surface area contributed by atoms with Gasteiger partial charge in [0.05, 0.1) is 11.3 Å². The number of thiophene rings is 1. The average molecular weight is 431 g/mol. The van der Waals surface area contributed by atoms with Gasteiger partial charge in [-0.1, -0.05) is 36.4 Å². The van der Waals surface area contributed by atoms with Gasteiger partial charge in [-0.15, -0.1) is 11.3 Å². The summed E-state index contributed by atoms with van der Waals surface area (Å²) in [4.78, 5) is 39.5. The Morgan fingerprint density at radius 3 is 2.59 bits per heavy atom. The SMILES string of the molecule is CCN1C(=O)C(CC(=O)NCCc2ccccc2)N(NC(=O)c2cccs2)C1=S. The topological polar surface area (TPSA) is 81.8 Å². The first-order valence-corrected chi connectivity index (χ1v) is 10.6. The van der Waals surface area contributed by atoms with Crippen LogP contribution in [0.25, 0.3) is 0 Å². The molecule has 1 atom stereocenters. The average Bonchev–Trinajstić information content (AvgIpc) is 3.32. The molecule has 1 aromatic heterocycles. The number of thiocarbonyl (C=S) groups is 1. The Hall–Kier alpha value is -2.78. The molecule has 7 nitrogen and oxygen atoms in total. The van der Waals surface area contributed by atoms with E-state index in [-0.39, 0.29) is 29.3 Å².